The minimum absolute atomic E-state index is 0.125. The fraction of sp³-hybridized carbons (Fsp3) is 0.833. The summed E-state index contributed by atoms with van der Waals surface area (Å²) >= 11 is 0. The molecule has 106 valence electrons. The van der Waals surface area contributed by atoms with Gasteiger partial charge in [0.2, 0.25) is 0 Å². The molecule has 0 saturated carbocycles. The molecule has 6 heteroatoms. The van der Waals surface area contributed by atoms with E-state index in [1.165, 1.54) is 0 Å². The molecule has 1 rings (SSSR count). The van der Waals surface area contributed by atoms with E-state index in [4.69, 9.17) is 19.7 Å². The Bertz CT molecular complexity index is 205. The van der Waals surface area contributed by atoms with Gasteiger partial charge in [-0.15, -0.1) is 0 Å². The van der Waals surface area contributed by atoms with Crippen LogP contribution in [0.3, 0.4) is 0 Å². The van der Waals surface area contributed by atoms with Gasteiger partial charge in [-0.2, -0.15) is 0 Å². The lowest BCUT2D eigenvalue weighted by Gasteiger charge is -2.08. The summed E-state index contributed by atoms with van der Waals surface area (Å²) in [7, 11) is 0. The maximum absolute atomic E-state index is 11.0. The molecule has 1 fully saturated rings. The van der Waals surface area contributed by atoms with Gasteiger partial charge in [-0.1, -0.05) is 0 Å². The van der Waals surface area contributed by atoms with Crippen molar-refractivity contribution in [3.8, 4) is 0 Å². The molecular formula is C12H22O6. The summed E-state index contributed by atoms with van der Waals surface area (Å²) in [4.78, 5) is 22.0. The number of hydrogen-bond acceptors (Lipinski definition) is 6. The topological polar surface area (TPSA) is 93.1 Å². The number of ether oxygens (including phenoxy) is 2. The van der Waals surface area contributed by atoms with Crippen molar-refractivity contribution in [1.29, 1.82) is 0 Å². The molecule has 2 N–H and O–H groups in total. The normalized spacial score (nSPS) is 18.3. The Morgan fingerprint density at radius 2 is 1.17 bits per heavy atom. The number of hydrogen-bond donors (Lipinski definition) is 2. The third kappa shape index (κ3) is 11.3. The zero-order chi connectivity index (χ0) is 13.6. The van der Waals surface area contributed by atoms with Crippen LogP contribution >= 0.6 is 0 Å². The molecule has 0 unspecified atom stereocenters. The van der Waals surface area contributed by atoms with Crippen LogP contribution in [0.15, 0.2) is 0 Å². The number of carbonyl (C=O) groups is 2. The summed E-state index contributed by atoms with van der Waals surface area (Å²) in [5, 5.41) is 15.2. The van der Waals surface area contributed by atoms with Gasteiger partial charge in [0.15, 0.2) is 0 Å². The summed E-state index contributed by atoms with van der Waals surface area (Å²) < 4.78 is 9.83. The average molecular weight is 262 g/mol. The predicted molar refractivity (Wildman–Crippen MR) is 63.8 cm³/mol. The van der Waals surface area contributed by atoms with Gasteiger partial charge in [0.25, 0.3) is 0 Å². The van der Waals surface area contributed by atoms with Crippen LogP contribution in [-0.4, -0.2) is 48.6 Å². The van der Waals surface area contributed by atoms with E-state index in [1.54, 1.807) is 0 Å². The average Bonchev–Trinajstić information content (AvgIpc) is 2.38. The van der Waals surface area contributed by atoms with Crippen molar-refractivity contribution in [2.24, 2.45) is 0 Å². The van der Waals surface area contributed by atoms with Crippen molar-refractivity contribution in [1.82, 2.24) is 0 Å². The van der Waals surface area contributed by atoms with Gasteiger partial charge in [-0.05, 0) is 25.7 Å². The lowest BCUT2D eigenvalue weighted by Crippen LogP contribution is -2.12. The second-order valence-corrected chi connectivity index (χ2v) is 3.80. The molecule has 6 nitrogen and oxygen atoms in total. The van der Waals surface area contributed by atoms with Crippen molar-refractivity contribution in [3.05, 3.63) is 0 Å². The fourth-order valence-electron chi connectivity index (χ4n) is 1.28. The Morgan fingerprint density at radius 1 is 0.778 bits per heavy atom. The molecule has 0 aromatic rings. The summed E-state index contributed by atoms with van der Waals surface area (Å²) in [6.07, 6.45) is 4.12. The zero-order valence-corrected chi connectivity index (χ0v) is 10.6. The highest BCUT2D eigenvalue weighted by Crippen LogP contribution is 2.05. The molecule has 1 aliphatic heterocycles. The van der Waals surface area contributed by atoms with Gasteiger partial charge in [-0.3, -0.25) is 9.59 Å². The van der Waals surface area contributed by atoms with Crippen LogP contribution in [0, 0.1) is 0 Å². The van der Waals surface area contributed by atoms with E-state index in [-0.39, 0.29) is 38.0 Å². The van der Waals surface area contributed by atoms with Crippen molar-refractivity contribution in [2.45, 2.75) is 38.5 Å². The van der Waals surface area contributed by atoms with E-state index in [2.05, 4.69) is 0 Å². The standard InChI is InChI=1S/C10H16O4.C2H6O2/c11-9-5-6-10(12)14-8-4-2-1-3-7-13-9;3-1-2-4/h1-8H2;3-4H,1-2H2. The predicted octanol–water partition coefficient (Wildman–Crippen LogP) is 0.398. The largest absolute Gasteiger partial charge is 0.466 e. The van der Waals surface area contributed by atoms with Crippen LogP contribution in [0.5, 0.6) is 0 Å². The van der Waals surface area contributed by atoms with Crippen molar-refractivity contribution in [3.63, 3.8) is 0 Å². The second kappa shape index (κ2) is 12.3. The first-order valence-electron chi connectivity index (χ1n) is 6.23. The molecule has 0 aromatic carbocycles. The smallest absolute Gasteiger partial charge is 0.306 e. The Hall–Kier alpha value is -1.14. The van der Waals surface area contributed by atoms with Crippen molar-refractivity contribution >= 4 is 11.9 Å². The number of carbonyl (C=O) groups excluding carboxylic acids is 2. The quantitative estimate of drug-likeness (QED) is 0.664. The maximum Gasteiger partial charge on any atom is 0.306 e. The minimum Gasteiger partial charge on any atom is -0.466 e. The molecule has 0 radical (unpaired) electrons. The van der Waals surface area contributed by atoms with Gasteiger partial charge < -0.3 is 19.7 Å². The Kier molecular flexibility index (Phi) is 11.5. The third-order valence-corrected chi connectivity index (χ3v) is 2.20. The highest BCUT2D eigenvalue weighted by atomic mass is 16.5. The first-order chi connectivity index (χ1) is 8.70. The van der Waals surface area contributed by atoms with E-state index in [0.29, 0.717) is 13.2 Å². The van der Waals surface area contributed by atoms with E-state index >= 15 is 0 Å². The van der Waals surface area contributed by atoms with Crippen LogP contribution in [0.1, 0.15) is 38.5 Å². The molecule has 1 heterocycles. The highest BCUT2D eigenvalue weighted by molar-refractivity contribution is 5.77. The molecule has 18 heavy (non-hydrogen) atoms. The molecule has 0 atom stereocenters. The monoisotopic (exact) mass is 262 g/mol. The first kappa shape index (κ1) is 16.9. The Labute approximate surface area is 107 Å². The number of esters is 2. The van der Waals surface area contributed by atoms with Crippen LogP contribution in [0.25, 0.3) is 0 Å². The molecule has 1 aliphatic rings. The van der Waals surface area contributed by atoms with Gasteiger partial charge in [0, 0.05) is 0 Å². The highest BCUT2D eigenvalue weighted by Gasteiger charge is 2.09. The lowest BCUT2D eigenvalue weighted by molar-refractivity contribution is -0.150. The Balaban J connectivity index is 0.000000631. The van der Waals surface area contributed by atoms with E-state index in [1.807, 2.05) is 0 Å². The second-order valence-electron chi connectivity index (χ2n) is 3.80. The van der Waals surface area contributed by atoms with Crippen LogP contribution < -0.4 is 0 Å². The molecular weight excluding hydrogens is 240 g/mol. The van der Waals surface area contributed by atoms with Crippen LogP contribution in [-0.2, 0) is 19.1 Å². The summed E-state index contributed by atoms with van der Waals surface area (Å²) in [6, 6.07) is 0. The number of rotatable bonds is 1. The van der Waals surface area contributed by atoms with E-state index in [0.717, 1.165) is 25.7 Å². The van der Waals surface area contributed by atoms with Gasteiger partial charge in [0.1, 0.15) is 0 Å². The molecule has 0 amide bonds. The van der Waals surface area contributed by atoms with E-state index < -0.39 is 0 Å². The number of cyclic esters (lactones) is 2. The van der Waals surface area contributed by atoms with Gasteiger partial charge in [-0.25, -0.2) is 0 Å². The third-order valence-electron chi connectivity index (χ3n) is 2.20. The minimum atomic E-state index is -0.303. The molecule has 1 saturated heterocycles. The molecule has 0 spiro atoms. The van der Waals surface area contributed by atoms with Crippen molar-refractivity contribution in [2.75, 3.05) is 26.4 Å². The summed E-state index contributed by atoms with van der Waals surface area (Å²) in [6.45, 7) is 0.710. The zero-order valence-electron chi connectivity index (χ0n) is 10.6. The van der Waals surface area contributed by atoms with Crippen LogP contribution in [0.4, 0.5) is 0 Å². The SMILES string of the molecule is O=C1CCC(=O)OCCCCCCO1.OCCO. The number of aliphatic hydroxyl groups excluding tert-OH is 2. The summed E-state index contributed by atoms with van der Waals surface area (Å²) in [5.41, 5.74) is 0. The van der Waals surface area contributed by atoms with Crippen molar-refractivity contribution < 1.29 is 29.3 Å². The van der Waals surface area contributed by atoms with Crippen LogP contribution in [0.2, 0.25) is 0 Å². The maximum atomic E-state index is 11.0. The van der Waals surface area contributed by atoms with Gasteiger partial charge >= 0.3 is 11.9 Å². The molecule has 0 aliphatic carbocycles. The van der Waals surface area contributed by atoms with Gasteiger partial charge in [0.05, 0.1) is 39.3 Å². The first-order valence-corrected chi connectivity index (χ1v) is 6.23. The molecule has 0 aromatic heterocycles. The fourth-order valence-corrected chi connectivity index (χ4v) is 1.28. The molecule has 0 bridgehead atoms. The Morgan fingerprint density at radius 3 is 1.50 bits per heavy atom. The summed E-state index contributed by atoms with van der Waals surface area (Å²) in [5.74, 6) is -0.606. The lowest BCUT2D eigenvalue weighted by atomic mass is 10.2. The number of aliphatic hydroxyl groups is 2. The van der Waals surface area contributed by atoms with E-state index in [9.17, 15) is 9.59 Å².